The Morgan fingerprint density at radius 3 is 2.34 bits per heavy atom. The van der Waals surface area contributed by atoms with Crippen LogP contribution >= 0.6 is 0 Å². The molecule has 4 rings (SSSR count). The molecule has 0 bridgehead atoms. The number of hydrogen-bond donors (Lipinski definition) is 2. The van der Waals surface area contributed by atoms with Crippen molar-refractivity contribution in [1.82, 2.24) is 5.32 Å². The summed E-state index contributed by atoms with van der Waals surface area (Å²) < 4.78 is 32.7. The molecule has 2 N–H and O–H groups in total. The predicted octanol–water partition coefficient (Wildman–Crippen LogP) is 2.31. The van der Waals surface area contributed by atoms with E-state index in [1.54, 1.807) is 18.2 Å². The van der Waals surface area contributed by atoms with E-state index in [-0.39, 0.29) is 21.7 Å². The highest BCUT2D eigenvalue weighted by Gasteiger charge is 2.27. The number of nitrogens with one attached hydrogen (secondary N) is 2. The smallest absolute Gasteiger partial charge is 0.337 e. The molecule has 1 aliphatic heterocycles. The summed E-state index contributed by atoms with van der Waals surface area (Å²) in [7, 11) is -2.78. The molecule has 9 heteroatoms. The van der Waals surface area contributed by atoms with E-state index in [9.17, 15) is 22.8 Å². The van der Waals surface area contributed by atoms with Gasteiger partial charge in [-0.05, 0) is 47.9 Å². The molecule has 8 nitrogen and oxygen atoms in total. The highest BCUT2D eigenvalue weighted by atomic mass is 32.2. The number of esters is 1. The molecule has 29 heavy (non-hydrogen) atoms. The Morgan fingerprint density at radius 1 is 0.966 bits per heavy atom. The Hall–Kier alpha value is -3.72. The van der Waals surface area contributed by atoms with E-state index in [1.807, 2.05) is 0 Å². The zero-order chi connectivity index (χ0) is 20.8. The number of methoxy groups -OCH3 is 1. The third kappa shape index (κ3) is 3.21. The molecule has 0 saturated heterocycles. The fraction of sp³-hybridized carbons (Fsp3) is 0.0500. The molecular weight excluding hydrogens is 396 g/mol. The summed E-state index contributed by atoms with van der Waals surface area (Å²) in [6.45, 7) is 0. The second-order valence-corrected chi connectivity index (χ2v) is 8.01. The molecule has 0 aromatic heterocycles. The van der Waals surface area contributed by atoms with E-state index < -0.39 is 27.8 Å². The van der Waals surface area contributed by atoms with Gasteiger partial charge in [0, 0.05) is 22.2 Å². The topological polar surface area (TPSA) is 119 Å². The summed E-state index contributed by atoms with van der Waals surface area (Å²) in [4.78, 5) is 35.6. The van der Waals surface area contributed by atoms with Crippen LogP contribution in [0, 0.1) is 0 Å². The van der Waals surface area contributed by atoms with Crippen LogP contribution in [0.15, 0.2) is 59.5 Å². The Labute approximate surface area is 165 Å². The molecule has 3 aromatic carbocycles. The highest BCUT2D eigenvalue weighted by Crippen LogP contribution is 2.30. The summed E-state index contributed by atoms with van der Waals surface area (Å²) in [5.74, 6) is -1.71. The third-order valence-corrected chi connectivity index (χ3v) is 5.90. The number of rotatable bonds is 4. The molecule has 1 aliphatic rings. The van der Waals surface area contributed by atoms with Gasteiger partial charge in [-0.25, -0.2) is 13.2 Å². The van der Waals surface area contributed by atoms with Gasteiger partial charge in [-0.3, -0.25) is 19.6 Å². The predicted molar refractivity (Wildman–Crippen MR) is 104 cm³/mol. The van der Waals surface area contributed by atoms with Crippen molar-refractivity contribution in [3.8, 4) is 0 Å². The van der Waals surface area contributed by atoms with Crippen LogP contribution in [0.2, 0.25) is 0 Å². The SMILES string of the molecule is COC(=O)c1ccc(NS(=O)(=O)c2cc3c4c(cccc4c2)C(=O)NC3=O)cc1. The molecule has 3 aromatic rings. The summed E-state index contributed by atoms with van der Waals surface area (Å²) >= 11 is 0. The van der Waals surface area contributed by atoms with Crippen LogP contribution in [0.4, 0.5) is 5.69 Å². The van der Waals surface area contributed by atoms with Crippen LogP contribution in [0.1, 0.15) is 31.1 Å². The lowest BCUT2D eigenvalue weighted by Gasteiger charge is -2.18. The minimum atomic E-state index is -4.03. The van der Waals surface area contributed by atoms with Crippen molar-refractivity contribution >= 4 is 44.3 Å². The van der Waals surface area contributed by atoms with Gasteiger partial charge in [0.2, 0.25) is 0 Å². The Bertz CT molecular complexity index is 1300. The maximum Gasteiger partial charge on any atom is 0.337 e. The van der Waals surface area contributed by atoms with Gasteiger partial charge in [-0.15, -0.1) is 0 Å². The van der Waals surface area contributed by atoms with E-state index >= 15 is 0 Å². The molecule has 0 spiro atoms. The zero-order valence-corrected chi connectivity index (χ0v) is 15.9. The average Bonchev–Trinajstić information content (AvgIpc) is 2.71. The van der Waals surface area contributed by atoms with E-state index in [2.05, 4.69) is 14.8 Å². The van der Waals surface area contributed by atoms with Crippen molar-refractivity contribution in [1.29, 1.82) is 0 Å². The first-order chi connectivity index (χ1) is 13.8. The van der Waals surface area contributed by atoms with Gasteiger partial charge in [0.15, 0.2) is 0 Å². The minimum Gasteiger partial charge on any atom is -0.465 e. The number of amides is 2. The number of carbonyl (C=O) groups is 3. The van der Waals surface area contributed by atoms with Gasteiger partial charge in [0.05, 0.1) is 17.6 Å². The number of hydrogen-bond acceptors (Lipinski definition) is 6. The first-order valence-electron chi connectivity index (χ1n) is 8.44. The number of imide groups is 1. The zero-order valence-electron chi connectivity index (χ0n) is 15.1. The van der Waals surface area contributed by atoms with Crippen LogP contribution in [-0.2, 0) is 14.8 Å². The van der Waals surface area contributed by atoms with E-state index in [0.717, 1.165) is 0 Å². The van der Waals surface area contributed by atoms with Gasteiger partial charge in [0.25, 0.3) is 21.8 Å². The Kier molecular flexibility index (Phi) is 4.31. The monoisotopic (exact) mass is 410 g/mol. The van der Waals surface area contributed by atoms with Gasteiger partial charge in [-0.2, -0.15) is 0 Å². The lowest BCUT2D eigenvalue weighted by atomic mass is 9.95. The maximum atomic E-state index is 12.9. The van der Waals surface area contributed by atoms with Crippen LogP contribution in [-0.4, -0.2) is 33.3 Å². The van der Waals surface area contributed by atoms with Crippen molar-refractivity contribution in [3.05, 3.63) is 71.3 Å². The number of anilines is 1. The Morgan fingerprint density at radius 2 is 1.66 bits per heavy atom. The minimum absolute atomic E-state index is 0.110. The van der Waals surface area contributed by atoms with Crippen LogP contribution < -0.4 is 10.0 Å². The summed E-state index contributed by atoms with van der Waals surface area (Å²) in [6.07, 6.45) is 0. The lowest BCUT2D eigenvalue weighted by Crippen LogP contribution is -2.34. The van der Waals surface area contributed by atoms with Crippen molar-refractivity contribution in [3.63, 3.8) is 0 Å². The molecule has 0 atom stereocenters. The fourth-order valence-electron chi connectivity index (χ4n) is 3.17. The number of benzene rings is 3. The van der Waals surface area contributed by atoms with Crippen LogP contribution in [0.5, 0.6) is 0 Å². The van der Waals surface area contributed by atoms with E-state index in [4.69, 9.17) is 0 Å². The van der Waals surface area contributed by atoms with Crippen LogP contribution in [0.3, 0.4) is 0 Å². The quantitative estimate of drug-likeness (QED) is 0.503. The first kappa shape index (κ1) is 18.6. The fourth-order valence-corrected chi connectivity index (χ4v) is 4.29. The molecule has 0 saturated carbocycles. The molecule has 0 aliphatic carbocycles. The Balaban J connectivity index is 1.75. The first-order valence-corrected chi connectivity index (χ1v) is 9.92. The molecule has 1 heterocycles. The molecular formula is C20H14N2O6S. The summed E-state index contributed by atoms with van der Waals surface area (Å²) in [5.41, 5.74) is 0.936. The normalized spacial score (nSPS) is 13.1. The maximum absolute atomic E-state index is 12.9. The van der Waals surface area contributed by atoms with Crippen molar-refractivity contribution in [2.24, 2.45) is 0 Å². The highest BCUT2D eigenvalue weighted by molar-refractivity contribution is 7.92. The standard InChI is InChI=1S/C20H14N2O6S/c1-28-20(25)11-5-7-13(8-6-11)22-29(26,27)14-9-12-3-2-4-15-17(12)16(10-14)19(24)21-18(15)23/h2-10,22H,1H3,(H,21,23,24). The van der Waals surface area contributed by atoms with Gasteiger partial charge >= 0.3 is 5.97 Å². The second-order valence-electron chi connectivity index (χ2n) is 6.33. The summed E-state index contributed by atoms with van der Waals surface area (Å²) in [5, 5.41) is 3.09. The number of carbonyl (C=O) groups excluding carboxylic acids is 3. The molecule has 0 radical (unpaired) electrons. The van der Waals surface area contributed by atoms with Gasteiger partial charge < -0.3 is 4.74 Å². The second kappa shape index (κ2) is 6.71. The van der Waals surface area contributed by atoms with Crippen molar-refractivity contribution < 1.29 is 27.5 Å². The molecule has 0 fully saturated rings. The third-order valence-electron chi connectivity index (χ3n) is 4.54. The molecule has 146 valence electrons. The van der Waals surface area contributed by atoms with E-state index in [0.29, 0.717) is 16.3 Å². The summed E-state index contributed by atoms with van der Waals surface area (Å²) in [6, 6.07) is 13.2. The largest absolute Gasteiger partial charge is 0.465 e. The van der Waals surface area contributed by atoms with Crippen molar-refractivity contribution in [2.75, 3.05) is 11.8 Å². The van der Waals surface area contributed by atoms with Gasteiger partial charge in [-0.1, -0.05) is 12.1 Å². The average molecular weight is 410 g/mol. The van der Waals surface area contributed by atoms with Crippen molar-refractivity contribution in [2.45, 2.75) is 4.90 Å². The van der Waals surface area contributed by atoms with Gasteiger partial charge in [0.1, 0.15) is 0 Å². The van der Waals surface area contributed by atoms with E-state index in [1.165, 1.54) is 43.5 Å². The number of sulfonamides is 1. The molecule has 0 unspecified atom stereocenters. The number of ether oxygens (including phenoxy) is 1. The lowest BCUT2D eigenvalue weighted by molar-refractivity contribution is 0.0600. The van der Waals surface area contributed by atoms with Crippen LogP contribution in [0.25, 0.3) is 10.8 Å². The molecule has 2 amide bonds.